The number of piperidine rings is 3. The maximum atomic E-state index is 13.9. The predicted molar refractivity (Wildman–Crippen MR) is 96.5 cm³/mol. The van der Waals surface area contributed by atoms with Gasteiger partial charge in [-0.05, 0) is 55.6 Å². The van der Waals surface area contributed by atoms with Gasteiger partial charge in [-0.25, -0.2) is 4.39 Å². The van der Waals surface area contributed by atoms with E-state index in [0.717, 1.165) is 38.0 Å². The van der Waals surface area contributed by atoms with Crippen molar-refractivity contribution in [1.29, 1.82) is 0 Å². The van der Waals surface area contributed by atoms with E-state index in [1.807, 2.05) is 12.3 Å². The van der Waals surface area contributed by atoms with E-state index < -0.39 is 5.54 Å². The van der Waals surface area contributed by atoms with E-state index in [2.05, 4.69) is 21.3 Å². The molecule has 2 bridgehead atoms. The fraction of sp³-hybridized carbons (Fsp3) is 0.429. The molecule has 4 aliphatic heterocycles. The highest BCUT2D eigenvalue weighted by atomic mass is 19.1. The largest absolute Gasteiger partial charge is 0.311 e. The van der Waals surface area contributed by atoms with Gasteiger partial charge < -0.3 is 5.32 Å². The van der Waals surface area contributed by atoms with Gasteiger partial charge in [-0.3, -0.25) is 14.7 Å². The van der Waals surface area contributed by atoms with E-state index >= 15 is 0 Å². The number of fused-ring (bicyclic) bond motifs is 2. The molecular formula is C21H22FN3O. The molecule has 0 spiro atoms. The molecule has 4 saturated heterocycles. The Morgan fingerprint density at radius 2 is 2.08 bits per heavy atom. The SMILES string of the molecule is O=C(c1cccc(F)c1)C12C(c3cccnc3)CNC1C1CCN2CC1. The van der Waals surface area contributed by atoms with Crippen LogP contribution in [0.2, 0.25) is 0 Å². The number of carbonyl (C=O) groups excluding carboxylic acids is 1. The molecule has 0 amide bonds. The molecule has 134 valence electrons. The summed E-state index contributed by atoms with van der Waals surface area (Å²) in [7, 11) is 0. The average molecular weight is 351 g/mol. The van der Waals surface area contributed by atoms with Crippen LogP contribution in [0.4, 0.5) is 4.39 Å². The minimum atomic E-state index is -0.641. The number of rotatable bonds is 3. The van der Waals surface area contributed by atoms with Crippen molar-refractivity contribution in [3.63, 3.8) is 0 Å². The minimum absolute atomic E-state index is 0.0278. The number of nitrogens with one attached hydrogen (secondary N) is 1. The Hall–Kier alpha value is -2.11. The summed E-state index contributed by atoms with van der Waals surface area (Å²) in [6.07, 6.45) is 5.88. The Bertz CT molecular complexity index is 834. The zero-order valence-electron chi connectivity index (χ0n) is 14.6. The third-order valence-corrected chi connectivity index (χ3v) is 6.62. The number of carbonyl (C=O) groups is 1. The highest BCUT2D eigenvalue weighted by Gasteiger charge is 2.64. The molecule has 26 heavy (non-hydrogen) atoms. The Morgan fingerprint density at radius 1 is 1.23 bits per heavy atom. The molecular weight excluding hydrogens is 329 g/mol. The summed E-state index contributed by atoms with van der Waals surface area (Å²) in [5.74, 6) is 0.216. The van der Waals surface area contributed by atoms with E-state index in [4.69, 9.17) is 0 Å². The third kappa shape index (κ3) is 2.14. The van der Waals surface area contributed by atoms with Crippen molar-refractivity contribution in [2.75, 3.05) is 19.6 Å². The summed E-state index contributed by atoms with van der Waals surface area (Å²) in [5, 5.41) is 3.66. The van der Waals surface area contributed by atoms with Gasteiger partial charge in [0.2, 0.25) is 0 Å². The molecule has 0 saturated carbocycles. The van der Waals surface area contributed by atoms with Crippen molar-refractivity contribution in [2.45, 2.75) is 30.3 Å². The van der Waals surface area contributed by atoms with Crippen LogP contribution in [0.1, 0.15) is 34.7 Å². The van der Waals surface area contributed by atoms with Crippen molar-refractivity contribution in [3.05, 3.63) is 65.7 Å². The normalized spacial score (nSPS) is 35.3. The van der Waals surface area contributed by atoms with Gasteiger partial charge in [0.1, 0.15) is 11.4 Å². The molecule has 4 aliphatic rings. The quantitative estimate of drug-likeness (QED) is 0.864. The fourth-order valence-corrected chi connectivity index (χ4v) is 5.58. The van der Waals surface area contributed by atoms with Gasteiger partial charge in [-0.15, -0.1) is 0 Å². The van der Waals surface area contributed by atoms with Crippen LogP contribution in [-0.2, 0) is 0 Å². The standard InChI is InChI=1S/C21H22FN3O/c22-17-5-1-3-15(11-17)20(26)21-18(16-4-2-8-23-12-16)13-24-19(21)14-6-9-25(21)10-7-14/h1-5,8,11-12,14,18-19,24H,6-7,9-10,13H2. The van der Waals surface area contributed by atoms with Gasteiger partial charge >= 0.3 is 0 Å². The van der Waals surface area contributed by atoms with E-state index in [0.29, 0.717) is 11.5 Å². The molecule has 5 heterocycles. The molecule has 4 nitrogen and oxygen atoms in total. The van der Waals surface area contributed by atoms with Crippen LogP contribution in [-0.4, -0.2) is 46.9 Å². The van der Waals surface area contributed by atoms with Gasteiger partial charge in [-0.2, -0.15) is 0 Å². The molecule has 4 fully saturated rings. The van der Waals surface area contributed by atoms with Crippen LogP contribution in [0, 0.1) is 11.7 Å². The topological polar surface area (TPSA) is 45.2 Å². The molecule has 1 aromatic heterocycles. The second-order valence-corrected chi connectivity index (χ2v) is 7.71. The van der Waals surface area contributed by atoms with Crippen LogP contribution in [0.5, 0.6) is 0 Å². The average Bonchev–Trinajstić information content (AvgIpc) is 3.12. The smallest absolute Gasteiger partial charge is 0.185 e. The summed E-state index contributed by atoms with van der Waals surface area (Å²) >= 11 is 0. The number of pyridine rings is 1. The fourth-order valence-electron chi connectivity index (χ4n) is 5.58. The van der Waals surface area contributed by atoms with Crippen LogP contribution in [0.15, 0.2) is 48.8 Å². The minimum Gasteiger partial charge on any atom is -0.311 e. The number of Topliss-reactive ketones (excluding diaryl/α,β-unsaturated/α-hetero) is 1. The number of aromatic nitrogens is 1. The first-order chi connectivity index (χ1) is 12.7. The Morgan fingerprint density at radius 3 is 2.81 bits per heavy atom. The zero-order chi connectivity index (χ0) is 17.7. The zero-order valence-corrected chi connectivity index (χ0v) is 14.6. The highest BCUT2D eigenvalue weighted by Crippen LogP contribution is 2.51. The summed E-state index contributed by atoms with van der Waals surface area (Å²) in [6, 6.07) is 10.3. The molecule has 3 atom stereocenters. The van der Waals surface area contributed by atoms with Crippen molar-refractivity contribution in [1.82, 2.24) is 15.2 Å². The number of hydrogen-bond donors (Lipinski definition) is 1. The molecule has 0 aliphatic carbocycles. The Balaban J connectivity index is 1.67. The van der Waals surface area contributed by atoms with Crippen LogP contribution < -0.4 is 5.32 Å². The Kier molecular flexibility index (Phi) is 3.69. The molecule has 6 rings (SSSR count). The lowest BCUT2D eigenvalue weighted by molar-refractivity contribution is -0.0313. The molecule has 1 aromatic carbocycles. The van der Waals surface area contributed by atoms with Crippen molar-refractivity contribution in [2.24, 2.45) is 5.92 Å². The van der Waals surface area contributed by atoms with Gasteiger partial charge in [0.05, 0.1) is 0 Å². The lowest BCUT2D eigenvalue weighted by Gasteiger charge is -2.57. The van der Waals surface area contributed by atoms with Gasteiger partial charge in [0.25, 0.3) is 0 Å². The van der Waals surface area contributed by atoms with E-state index in [-0.39, 0.29) is 23.6 Å². The second-order valence-electron chi connectivity index (χ2n) is 7.71. The van der Waals surface area contributed by atoms with Gasteiger partial charge in [0.15, 0.2) is 5.78 Å². The first-order valence-electron chi connectivity index (χ1n) is 9.40. The lowest BCUT2D eigenvalue weighted by Crippen LogP contribution is -2.72. The molecule has 1 N–H and O–H groups in total. The number of benzene rings is 1. The summed E-state index contributed by atoms with van der Waals surface area (Å²) in [5.41, 5.74) is 0.915. The Labute approximate surface area is 152 Å². The third-order valence-electron chi connectivity index (χ3n) is 6.62. The van der Waals surface area contributed by atoms with Crippen molar-refractivity contribution >= 4 is 5.78 Å². The van der Waals surface area contributed by atoms with Crippen molar-refractivity contribution in [3.8, 4) is 0 Å². The number of ketones is 1. The number of hydrogen-bond acceptors (Lipinski definition) is 4. The highest BCUT2D eigenvalue weighted by molar-refractivity contribution is 6.05. The molecule has 3 unspecified atom stereocenters. The van der Waals surface area contributed by atoms with Gasteiger partial charge in [0, 0.05) is 36.5 Å². The lowest BCUT2D eigenvalue weighted by atomic mass is 9.63. The van der Waals surface area contributed by atoms with Crippen molar-refractivity contribution < 1.29 is 9.18 Å². The maximum absolute atomic E-state index is 13.9. The van der Waals surface area contributed by atoms with E-state index in [1.165, 1.54) is 12.1 Å². The van der Waals surface area contributed by atoms with E-state index in [1.54, 1.807) is 18.3 Å². The van der Waals surface area contributed by atoms with E-state index in [9.17, 15) is 9.18 Å². The molecule has 0 radical (unpaired) electrons. The summed E-state index contributed by atoms with van der Waals surface area (Å²) in [6.45, 7) is 2.62. The van der Waals surface area contributed by atoms with Gasteiger partial charge in [-0.1, -0.05) is 18.2 Å². The predicted octanol–water partition coefficient (Wildman–Crippen LogP) is 2.62. The first-order valence-corrected chi connectivity index (χ1v) is 9.40. The number of nitrogens with zero attached hydrogens (tertiary/aromatic N) is 2. The molecule has 2 aromatic rings. The van der Waals surface area contributed by atoms with Crippen LogP contribution >= 0.6 is 0 Å². The number of halogens is 1. The monoisotopic (exact) mass is 351 g/mol. The summed E-state index contributed by atoms with van der Waals surface area (Å²) < 4.78 is 13.9. The van der Waals surface area contributed by atoms with Crippen LogP contribution in [0.25, 0.3) is 0 Å². The molecule has 5 heteroatoms. The maximum Gasteiger partial charge on any atom is 0.185 e. The summed E-state index contributed by atoms with van der Waals surface area (Å²) in [4.78, 5) is 20.5. The first kappa shape index (κ1) is 16.1. The van der Waals surface area contributed by atoms with Crippen LogP contribution in [0.3, 0.4) is 0 Å². The second kappa shape index (κ2) is 5.96.